The van der Waals surface area contributed by atoms with E-state index in [9.17, 15) is 0 Å². The molecular weight excluding hydrogens is 242 g/mol. The summed E-state index contributed by atoms with van der Waals surface area (Å²) in [5.74, 6) is 0. The zero-order valence-corrected chi connectivity index (χ0v) is 9.71. The van der Waals surface area contributed by atoms with E-state index in [2.05, 4.69) is 22.5 Å². The Kier molecular flexibility index (Phi) is 3.86. The molecule has 0 saturated carbocycles. The molecular formula is C11H14BrNO. The van der Waals surface area contributed by atoms with Crippen molar-refractivity contribution in [2.75, 3.05) is 6.61 Å². The Morgan fingerprint density at radius 1 is 1.57 bits per heavy atom. The van der Waals surface area contributed by atoms with Gasteiger partial charge in [0, 0.05) is 4.47 Å². The maximum atomic E-state index is 8.95. The molecule has 0 amide bonds. The maximum Gasteiger partial charge on any atom is 0.0624 e. The van der Waals surface area contributed by atoms with Crippen LogP contribution in [0.2, 0.25) is 0 Å². The van der Waals surface area contributed by atoms with Crippen molar-refractivity contribution < 1.29 is 5.11 Å². The van der Waals surface area contributed by atoms with E-state index in [0.29, 0.717) is 0 Å². The van der Waals surface area contributed by atoms with Crippen LogP contribution >= 0.6 is 15.9 Å². The van der Waals surface area contributed by atoms with Gasteiger partial charge in [0.05, 0.1) is 12.6 Å². The molecule has 2 nitrogen and oxygen atoms in total. The smallest absolute Gasteiger partial charge is 0.0624 e. The molecule has 0 aliphatic heterocycles. The van der Waals surface area contributed by atoms with Gasteiger partial charge in [-0.15, -0.1) is 0 Å². The third kappa shape index (κ3) is 2.67. The quantitative estimate of drug-likeness (QED) is 0.872. The summed E-state index contributed by atoms with van der Waals surface area (Å²) in [5.41, 5.74) is 8.67. The lowest BCUT2D eigenvalue weighted by Crippen LogP contribution is -2.14. The van der Waals surface area contributed by atoms with Crippen LogP contribution in [0.4, 0.5) is 0 Å². The van der Waals surface area contributed by atoms with Crippen LogP contribution < -0.4 is 5.73 Å². The number of rotatable bonds is 3. The number of aliphatic hydroxyl groups excluding tert-OH is 1. The van der Waals surface area contributed by atoms with Gasteiger partial charge in [-0.1, -0.05) is 28.1 Å². The van der Waals surface area contributed by atoms with Gasteiger partial charge in [-0.3, -0.25) is 0 Å². The van der Waals surface area contributed by atoms with Gasteiger partial charge in [-0.25, -0.2) is 0 Å². The second-order valence-corrected chi connectivity index (χ2v) is 4.26. The molecule has 0 saturated heterocycles. The first-order valence-corrected chi connectivity index (χ1v) is 5.16. The van der Waals surface area contributed by atoms with Crippen LogP contribution in [0.3, 0.4) is 0 Å². The Labute approximate surface area is 92.6 Å². The van der Waals surface area contributed by atoms with Crippen LogP contribution in [0.1, 0.15) is 24.1 Å². The van der Waals surface area contributed by atoms with Gasteiger partial charge in [0.1, 0.15) is 0 Å². The second-order valence-electron chi connectivity index (χ2n) is 3.34. The van der Waals surface area contributed by atoms with Crippen LogP contribution in [-0.2, 0) is 0 Å². The molecule has 0 aliphatic carbocycles. The van der Waals surface area contributed by atoms with Crippen molar-refractivity contribution in [3.8, 4) is 0 Å². The van der Waals surface area contributed by atoms with E-state index in [0.717, 1.165) is 21.2 Å². The van der Waals surface area contributed by atoms with Crippen molar-refractivity contribution in [3.05, 3.63) is 40.4 Å². The molecule has 14 heavy (non-hydrogen) atoms. The predicted molar refractivity (Wildman–Crippen MR) is 62.9 cm³/mol. The molecule has 0 aromatic heterocycles. The first-order chi connectivity index (χ1) is 6.54. The van der Waals surface area contributed by atoms with Gasteiger partial charge in [0.2, 0.25) is 0 Å². The highest BCUT2D eigenvalue weighted by Crippen LogP contribution is 2.23. The van der Waals surface area contributed by atoms with E-state index in [1.54, 1.807) is 0 Å². The fourth-order valence-electron chi connectivity index (χ4n) is 1.18. The first kappa shape index (κ1) is 11.4. The molecule has 1 atom stereocenters. The molecule has 0 heterocycles. The van der Waals surface area contributed by atoms with E-state index >= 15 is 0 Å². The van der Waals surface area contributed by atoms with Gasteiger partial charge in [-0.2, -0.15) is 0 Å². The molecule has 0 radical (unpaired) electrons. The Hall–Kier alpha value is -0.640. The van der Waals surface area contributed by atoms with Crippen molar-refractivity contribution in [2.45, 2.75) is 13.0 Å². The molecule has 1 aromatic carbocycles. The largest absolute Gasteiger partial charge is 0.394 e. The Balaban J connectivity index is 3.13. The molecule has 3 N–H and O–H groups in total. The van der Waals surface area contributed by atoms with E-state index in [-0.39, 0.29) is 12.6 Å². The van der Waals surface area contributed by atoms with Crippen LogP contribution in [-0.4, -0.2) is 11.7 Å². The van der Waals surface area contributed by atoms with Crippen molar-refractivity contribution in [1.82, 2.24) is 0 Å². The summed E-state index contributed by atoms with van der Waals surface area (Å²) < 4.78 is 0.955. The molecule has 76 valence electrons. The lowest BCUT2D eigenvalue weighted by Gasteiger charge is -2.11. The van der Waals surface area contributed by atoms with Gasteiger partial charge < -0.3 is 10.8 Å². The minimum Gasteiger partial charge on any atom is -0.394 e. The highest BCUT2D eigenvalue weighted by atomic mass is 79.9. The van der Waals surface area contributed by atoms with Gasteiger partial charge in [0.25, 0.3) is 0 Å². The summed E-state index contributed by atoms with van der Waals surface area (Å²) in [6.07, 6.45) is 0. The number of benzene rings is 1. The van der Waals surface area contributed by atoms with Gasteiger partial charge >= 0.3 is 0 Å². The topological polar surface area (TPSA) is 46.2 Å². The Bertz CT molecular complexity index is 349. The van der Waals surface area contributed by atoms with E-state index in [4.69, 9.17) is 10.8 Å². The third-order valence-electron chi connectivity index (χ3n) is 2.04. The Morgan fingerprint density at radius 3 is 2.71 bits per heavy atom. The normalized spacial score (nSPS) is 12.6. The van der Waals surface area contributed by atoms with Crippen LogP contribution in [0, 0.1) is 0 Å². The lowest BCUT2D eigenvalue weighted by molar-refractivity contribution is 0.268. The summed E-state index contributed by atoms with van der Waals surface area (Å²) in [4.78, 5) is 0. The highest BCUT2D eigenvalue weighted by Gasteiger charge is 2.06. The summed E-state index contributed by atoms with van der Waals surface area (Å²) in [7, 11) is 0. The standard InChI is InChI=1S/C11H14BrNO/c1-7(2)8-3-9(11(13)6-14)5-10(12)4-8/h3-5,11,14H,1,6,13H2,2H3. The van der Waals surface area contributed by atoms with Crippen molar-refractivity contribution in [3.63, 3.8) is 0 Å². The molecule has 1 unspecified atom stereocenters. The fraction of sp³-hybridized carbons (Fsp3) is 0.273. The molecule has 0 bridgehead atoms. The zero-order valence-electron chi connectivity index (χ0n) is 8.13. The summed E-state index contributed by atoms with van der Waals surface area (Å²) in [6.45, 7) is 5.76. The molecule has 0 fully saturated rings. The average Bonchev–Trinajstić information content (AvgIpc) is 2.15. The zero-order chi connectivity index (χ0) is 10.7. The molecule has 0 aliphatic rings. The van der Waals surface area contributed by atoms with Crippen LogP contribution in [0.25, 0.3) is 5.57 Å². The summed E-state index contributed by atoms with van der Waals surface area (Å²) >= 11 is 3.40. The van der Waals surface area contributed by atoms with E-state index < -0.39 is 0 Å². The van der Waals surface area contributed by atoms with Crippen molar-refractivity contribution >= 4 is 21.5 Å². The maximum absolute atomic E-state index is 8.95. The molecule has 3 heteroatoms. The summed E-state index contributed by atoms with van der Waals surface area (Å²) in [5, 5.41) is 8.95. The number of aliphatic hydroxyl groups is 1. The van der Waals surface area contributed by atoms with Crippen molar-refractivity contribution in [2.24, 2.45) is 5.73 Å². The molecule has 0 spiro atoms. The molecule has 1 aromatic rings. The predicted octanol–water partition coefficient (Wildman–Crippen LogP) is 2.47. The first-order valence-electron chi connectivity index (χ1n) is 4.37. The molecule has 1 rings (SSSR count). The number of hydrogen-bond donors (Lipinski definition) is 2. The fourth-order valence-corrected chi connectivity index (χ4v) is 1.69. The number of allylic oxidation sites excluding steroid dienone is 1. The van der Waals surface area contributed by atoms with Gasteiger partial charge in [-0.05, 0) is 36.2 Å². The average molecular weight is 256 g/mol. The monoisotopic (exact) mass is 255 g/mol. The van der Waals surface area contributed by atoms with E-state index in [1.165, 1.54) is 0 Å². The number of halogens is 1. The summed E-state index contributed by atoms with van der Waals surface area (Å²) in [6, 6.07) is 5.52. The van der Waals surface area contributed by atoms with Crippen LogP contribution in [0.5, 0.6) is 0 Å². The number of hydrogen-bond acceptors (Lipinski definition) is 2. The van der Waals surface area contributed by atoms with Crippen LogP contribution in [0.15, 0.2) is 29.3 Å². The van der Waals surface area contributed by atoms with Gasteiger partial charge in [0.15, 0.2) is 0 Å². The van der Waals surface area contributed by atoms with E-state index in [1.807, 2.05) is 25.1 Å². The Morgan fingerprint density at radius 2 is 2.21 bits per heavy atom. The third-order valence-corrected chi connectivity index (χ3v) is 2.50. The number of nitrogens with two attached hydrogens (primary N) is 1. The second kappa shape index (κ2) is 4.73. The minimum atomic E-state index is -0.328. The SMILES string of the molecule is C=C(C)c1cc(Br)cc(C(N)CO)c1. The highest BCUT2D eigenvalue weighted by molar-refractivity contribution is 9.10. The minimum absolute atomic E-state index is 0.0495. The lowest BCUT2D eigenvalue weighted by atomic mass is 10.0. The van der Waals surface area contributed by atoms with Crippen molar-refractivity contribution in [1.29, 1.82) is 0 Å².